The average molecular weight is 337 g/mol. The summed E-state index contributed by atoms with van der Waals surface area (Å²) in [6, 6.07) is 0. The third-order valence-corrected chi connectivity index (χ3v) is 8.21. The van der Waals surface area contributed by atoms with Crippen LogP contribution in [0.5, 0.6) is 0 Å². The molecule has 0 spiro atoms. The molecule has 0 aromatic heterocycles. The van der Waals surface area contributed by atoms with Gasteiger partial charge in [0, 0.05) is 6.42 Å². The highest BCUT2D eigenvalue weighted by molar-refractivity contribution is 9.11. The van der Waals surface area contributed by atoms with E-state index >= 15 is 0 Å². The van der Waals surface area contributed by atoms with Gasteiger partial charge in [0.05, 0.1) is 13.2 Å². The summed E-state index contributed by atoms with van der Waals surface area (Å²) in [5, 5.41) is 0.163. The molecule has 0 fully saturated rings. The first-order valence-electron chi connectivity index (χ1n) is 6.15. The van der Waals surface area contributed by atoms with E-state index in [2.05, 4.69) is 54.5 Å². The number of carbonyl (C=O) groups excluding carboxylic acids is 1. The van der Waals surface area contributed by atoms with Crippen LogP contribution >= 0.6 is 15.9 Å². The number of rotatable bonds is 6. The van der Waals surface area contributed by atoms with Crippen LogP contribution in [0.3, 0.4) is 0 Å². The molecule has 0 aromatic rings. The fourth-order valence-corrected chi connectivity index (χ4v) is 2.84. The summed E-state index contributed by atoms with van der Waals surface area (Å²) in [6.07, 6.45) is 2.95. The summed E-state index contributed by atoms with van der Waals surface area (Å²) in [5.41, 5.74) is 0. The molecule has 3 nitrogen and oxygen atoms in total. The Bertz CT molecular complexity index is 295. The maximum absolute atomic E-state index is 11.2. The van der Waals surface area contributed by atoms with E-state index in [0.717, 1.165) is 0 Å². The minimum Gasteiger partial charge on any atom is -0.469 e. The maximum atomic E-state index is 11.2. The van der Waals surface area contributed by atoms with Crippen molar-refractivity contribution < 1.29 is 14.0 Å². The van der Waals surface area contributed by atoms with Crippen LogP contribution in [0.4, 0.5) is 0 Å². The standard InChI is InChI=1S/C13H25BrO3Si/c1-13(2,3)18(5,6)17-11(9-10-14)7-8-12(15)16-4/h9-11H,7-8H2,1-6H3/t11-/m0/s1. The van der Waals surface area contributed by atoms with Crippen LogP contribution < -0.4 is 0 Å². The van der Waals surface area contributed by atoms with E-state index in [0.29, 0.717) is 12.8 Å². The first kappa shape index (κ1) is 17.9. The quantitative estimate of drug-likeness (QED) is 0.537. The topological polar surface area (TPSA) is 35.5 Å². The second-order valence-corrected chi connectivity index (χ2v) is 11.1. The molecular formula is C13H25BrO3Si. The summed E-state index contributed by atoms with van der Waals surface area (Å²) in [7, 11) is -0.403. The van der Waals surface area contributed by atoms with Crippen LogP contribution in [0.25, 0.3) is 0 Å². The Morgan fingerprint density at radius 2 is 1.94 bits per heavy atom. The van der Waals surface area contributed by atoms with E-state index in [1.807, 2.05) is 6.08 Å². The van der Waals surface area contributed by atoms with Crippen molar-refractivity contribution in [3.8, 4) is 0 Å². The second kappa shape index (κ2) is 7.45. The number of hydrogen-bond acceptors (Lipinski definition) is 3. The molecular weight excluding hydrogens is 312 g/mol. The van der Waals surface area contributed by atoms with E-state index in [4.69, 9.17) is 4.43 Å². The predicted molar refractivity (Wildman–Crippen MR) is 81.4 cm³/mol. The van der Waals surface area contributed by atoms with Crippen LogP contribution in [0.2, 0.25) is 18.1 Å². The molecule has 0 bridgehead atoms. The van der Waals surface area contributed by atoms with Crippen molar-refractivity contribution in [2.45, 2.75) is 57.8 Å². The smallest absolute Gasteiger partial charge is 0.305 e. The molecule has 0 heterocycles. The van der Waals surface area contributed by atoms with E-state index < -0.39 is 8.32 Å². The Morgan fingerprint density at radius 3 is 2.33 bits per heavy atom. The highest BCUT2D eigenvalue weighted by Crippen LogP contribution is 2.37. The number of ether oxygens (including phenoxy) is 1. The molecule has 0 aromatic carbocycles. The van der Waals surface area contributed by atoms with Gasteiger partial charge in [-0.15, -0.1) is 0 Å². The molecule has 0 rings (SSSR count). The number of hydrogen-bond donors (Lipinski definition) is 0. The summed E-state index contributed by atoms with van der Waals surface area (Å²) < 4.78 is 10.9. The van der Waals surface area contributed by atoms with Crippen LogP contribution in [0.15, 0.2) is 11.1 Å². The zero-order valence-corrected chi connectivity index (χ0v) is 14.8. The molecule has 0 aliphatic carbocycles. The Balaban J connectivity index is 4.58. The van der Waals surface area contributed by atoms with Crippen molar-refractivity contribution in [3.05, 3.63) is 11.1 Å². The van der Waals surface area contributed by atoms with Crippen molar-refractivity contribution in [1.82, 2.24) is 0 Å². The fourth-order valence-electron chi connectivity index (χ4n) is 1.19. The lowest BCUT2D eigenvalue weighted by Gasteiger charge is -2.38. The summed E-state index contributed by atoms with van der Waals surface area (Å²) in [5.74, 6) is -0.193. The van der Waals surface area contributed by atoms with Crippen LogP contribution in [-0.2, 0) is 14.0 Å². The Labute approximate surface area is 120 Å². The molecule has 0 unspecified atom stereocenters. The summed E-state index contributed by atoms with van der Waals surface area (Å²) in [4.78, 5) is 13.0. The van der Waals surface area contributed by atoms with E-state index in [9.17, 15) is 4.79 Å². The van der Waals surface area contributed by atoms with Gasteiger partial charge in [0.2, 0.25) is 0 Å². The normalized spacial score (nSPS) is 14.8. The van der Waals surface area contributed by atoms with Gasteiger partial charge >= 0.3 is 5.97 Å². The minimum atomic E-state index is -1.81. The van der Waals surface area contributed by atoms with Crippen molar-refractivity contribution in [2.75, 3.05) is 7.11 Å². The number of carbonyl (C=O) groups is 1. The predicted octanol–water partition coefficient (Wildman–Crippen LogP) is 4.24. The Hall–Kier alpha value is -0.133. The molecule has 1 atom stereocenters. The van der Waals surface area contributed by atoms with E-state index in [1.54, 1.807) is 4.99 Å². The van der Waals surface area contributed by atoms with Crippen LogP contribution in [-0.4, -0.2) is 27.5 Å². The largest absolute Gasteiger partial charge is 0.469 e. The van der Waals surface area contributed by atoms with E-state index in [1.165, 1.54) is 7.11 Å². The van der Waals surface area contributed by atoms with Gasteiger partial charge in [0.25, 0.3) is 0 Å². The number of halogens is 1. The molecule has 18 heavy (non-hydrogen) atoms. The number of methoxy groups -OCH3 is 1. The zero-order chi connectivity index (χ0) is 14.4. The van der Waals surface area contributed by atoms with Crippen molar-refractivity contribution >= 4 is 30.2 Å². The second-order valence-electron chi connectivity index (χ2n) is 5.85. The van der Waals surface area contributed by atoms with E-state index in [-0.39, 0.29) is 17.1 Å². The lowest BCUT2D eigenvalue weighted by Crippen LogP contribution is -2.43. The lowest BCUT2D eigenvalue weighted by molar-refractivity contribution is -0.141. The molecule has 0 radical (unpaired) electrons. The molecule has 0 amide bonds. The Morgan fingerprint density at radius 1 is 1.39 bits per heavy atom. The lowest BCUT2D eigenvalue weighted by atomic mass is 10.2. The van der Waals surface area contributed by atoms with Gasteiger partial charge < -0.3 is 9.16 Å². The summed E-state index contributed by atoms with van der Waals surface area (Å²) in [6.45, 7) is 11.0. The van der Waals surface area contributed by atoms with Crippen molar-refractivity contribution in [2.24, 2.45) is 0 Å². The average Bonchev–Trinajstić information content (AvgIpc) is 2.23. The zero-order valence-electron chi connectivity index (χ0n) is 12.2. The SMILES string of the molecule is COC(=O)CC[C@@H](C=CBr)O[Si](C)(C)C(C)(C)C. The highest BCUT2D eigenvalue weighted by atomic mass is 79.9. The fraction of sp³-hybridized carbons (Fsp3) is 0.769. The molecule has 0 N–H and O–H groups in total. The van der Waals surface area contributed by atoms with Gasteiger partial charge in [-0.25, -0.2) is 0 Å². The molecule has 5 heteroatoms. The molecule has 0 saturated carbocycles. The van der Waals surface area contributed by atoms with Crippen molar-refractivity contribution in [1.29, 1.82) is 0 Å². The van der Waals surface area contributed by atoms with Gasteiger partial charge in [-0.2, -0.15) is 0 Å². The molecule has 106 valence electrons. The highest BCUT2D eigenvalue weighted by Gasteiger charge is 2.38. The Kier molecular flexibility index (Phi) is 7.40. The third kappa shape index (κ3) is 6.16. The van der Waals surface area contributed by atoms with Crippen LogP contribution in [0, 0.1) is 0 Å². The van der Waals surface area contributed by atoms with Gasteiger partial charge in [0.1, 0.15) is 0 Å². The monoisotopic (exact) mass is 336 g/mol. The molecule has 0 saturated heterocycles. The third-order valence-electron chi connectivity index (χ3n) is 3.40. The number of esters is 1. The first-order chi connectivity index (χ1) is 8.14. The maximum Gasteiger partial charge on any atom is 0.305 e. The van der Waals surface area contributed by atoms with Gasteiger partial charge in [-0.3, -0.25) is 4.79 Å². The van der Waals surface area contributed by atoms with Gasteiger partial charge in [0.15, 0.2) is 8.32 Å². The minimum absolute atomic E-state index is 0.0376. The molecule has 0 aliphatic heterocycles. The summed E-state index contributed by atoms with van der Waals surface area (Å²) >= 11 is 3.27. The van der Waals surface area contributed by atoms with Crippen LogP contribution in [0.1, 0.15) is 33.6 Å². The van der Waals surface area contributed by atoms with Gasteiger partial charge in [-0.1, -0.05) is 42.8 Å². The first-order valence-corrected chi connectivity index (χ1v) is 9.98. The van der Waals surface area contributed by atoms with Crippen molar-refractivity contribution in [3.63, 3.8) is 0 Å². The molecule has 0 aliphatic rings. The van der Waals surface area contributed by atoms with Gasteiger partial charge in [-0.05, 0) is 29.5 Å².